The molecule has 0 bridgehead atoms. The molecule has 3 heterocycles. The largest absolute Gasteiger partial charge is 0.364 e. The molecule has 4 nitrogen and oxygen atoms in total. The van der Waals surface area contributed by atoms with E-state index in [0.29, 0.717) is 13.2 Å². The van der Waals surface area contributed by atoms with E-state index in [1.165, 1.54) is 5.56 Å². The summed E-state index contributed by atoms with van der Waals surface area (Å²) < 4.78 is 7.94. The Labute approximate surface area is 97.7 Å². The van der Waals surface area contributed by atoms with E-state index in [1.54, 1.807) is 11.3 Å². The van der Waals surface area contributed by atoms with Crippen LogP contribution >= 0.6 is 11.3 Å². The molecule has 1 aliphatic heterocycles. The first-order valence-corrected chi connectivity index (χ1v) is 6.20. The molecule has 0 saturated heterocycles. The SMILES string of the molecule is NCc1cn2c(n1)CO[C@@H](c1ccsc1)C2. The van der Waals surface area contributed by atoms with Gasteiger partial charge >= 0.3 is 0 Å². The molecule has 0 spiro atoms. The summed E-state index contributed by atoms with van der Waals surface area (Å²) >= 11 is 1.70. The number of aromatic nitrogens is 2. The van der Waals surface area contributed by atoms with Crippen LogP contribution in [0.1, 0.15) is 23.2 Å². The van der Waals surface area contributed by atoms with Crippen molar-refractivity contribution >= 4 is 11.3 Å². The number of ether oxygens (including phenoxy) is 1. The molecule has 0 radical (unpaired) electrons. The van der Waals surface area contributed by atoms with Crippen LogP contribution in [0.2, 0.25) is 0 Å². The minimum Gasteiger partial charge on any atom is -0.364 e. The third-order valence-corrected chi connectivity index (χ3v) is 3.51. The lowest BCUT2D eigenvalue weighted by Crippen LogP contribution is -2.20. The quantitative estimate of drug-likeness (QED) is 0.861. The van der Waals surface area contributed by atoms with Gasteiger partial charge in [-0.2, -0.15) is 11.3 Å². The second kappa shape index (κ2) is 4.01. The summed E-state index contributed by atoms with van der Waals surface area (Å²) in [7, 11) is 0. The second-order valence-electron chi connectivity index (χ2n) is 3.86. The number of fused-ring (bicyclic) bond motifs is 1. The first-order valence-electron chi connectivity index (χ1n) is 5.25. The first-order chi connectivity index (χ1) is 7.86. The Hall–Kier alpha value is -1.17. The number of thiophene rings is 1. The normalized spacial score (nSPS) is 19.7. The average molecular weight is 235 g/mol. The molecule has 5 heteroatoms. The summed E-state index contributed by atoms with van der Waals surface area (Å²) in [5.74, 6) is 0.979. The minimum absolute atomic E-state index is 0.151. The molecular weight excluding hydrogens is 222 g/mol. The van der Waals surface area contributed by atoms with E-state index in [9.17, 15) is 0 Å². The zero-order chi connectivity index (χ0) is 11.0. The molecule has 0 aliphatic carbocycles. The number of hydrogen-bond donors (Lipinski definition) is 1. The lowest BCUT2D eigenvalue weighted by molar-refractivity contribution is 0.000734. The second-order valence-corrected chi connectivity index (χ2v) is 4.64. The van der Waals surface area contributed by atoms with Crippen molar-refractivity contribution in [2.24, 2.45) is 5.73 Å². The number of imidazole rings is 1. The summed E-state index contributed by atoms with van der Waals surface area (Å²) in [4.78, 5) is 4.40. The average Bonchev–Trinajstić information content (AvgIpc) is 2.96. The zero-order valence-electron chi connectivity index (χ0n) is 8.80. The van der Waals surface area contributed by atoms with Gasteiger partial charge in [0.1, 0.15) is 18.5 Å². The van der Waals surface area contributed by atoms with E-state index in [2.05, 4.69) is 26.4 Å². The predicted molar refractivity (Wildman–Crippen MR) is 62.0 cm³/mol. The summed E-state index contributed by atoms with van der Waals surface area (Å²) in [6.07, 6.45) is 2.18. The predicted octanol–water partition coefficient (Wildman–Crippen LogP) is 1.67. The topological polar surface area (TPSA) is 53.1 Å². The van der Waals surface area contributed by atoms with Crippen LogP contribution in [-0.4, -0.2) is 9.55 Å². The molecule has 2 aromatic heterocycles. The highest BCUT2D eigenvalue weighted by molar-refractivity contribution is 7.07. The van der Waals surface area contributed by atoms with Crippen molar-refractivity contribution in [3.63, 3.8) is 0 Å². The van der Waals surface area contributed by atoms with Gasteiger partial charge in [0, 0.05) is 12.7 Å². The smallest absolute Gasteiger partial charge is 0.135 e. The monoisotopic (exact) mass is 235 g/mol. The molecule has 1 aliphatic rings. The van der Waals surface area contributed by atoms with Crippen LogP contribution in [0.4, 0.5) is 0 Å². The molecule has 0 saturated carbocycles. The first kappa shape index (κ1) is 10.0. The van der Waals surface area contributed by atoms with Gasteiger partial charge in [-0.3, -0.25) is 0 Å². The molecule has 3 rings (SSSR count). The molecule has 16 heavy (non-hydrogen) atoms. The van der Waals surface area contributed by atoms with Gasteiger partial charge in [0.15, 0.2) is 0 Å². The third kappa shape index (κ3) is 1.67. The number of rotatable bonds is 2. The van der Waals surface area contributed by atoms with E-state index in [4.69, 9.17) is 10.5 Å². The Morgan fingerprint density at radius 3 is 3.31 bits per heavy atom. The van der Waals surface area contributed by atoms with Crippen LogP contribution in [-0.2, 0) is 24.4 Å². The molecule has 0 amide bonds. The van der Waals surface area contributed by atoms with E-state index in [-0.39, 0.29) is 6.10 Å². The van der Waals surface area contributed by atoms with Crippen LogP contribution < -0.4 is 5.73 Å². The van der Waals surface area contributed by atoms with Gasteiger partial charge in [0.05, 0.1) is 12.2 Å². The van der Waals surface area contributed by atoms with Crippen molar-refractivity contribution in [3.8, 4) is 0 Å². The molecule has 2 aromatic rings. The Morgan fingerprint density at radius 1 is 1.62 bits per heavy atom. The molecule has 1 atom stereocenters. The molecular formula is C11H13N3OS. The number of nitrogens with two attached hydrogens (primary N) is 1. The Morgan fingerprint density at radius 2 is 2.56 bits per heavy atom. The van der Waals surface area contributed by atoms with Gasteiger partial charge in [0.25, 0.3) is 0 Å². The van der Waals surface area contributed by atoms with E-state index in [0.717, 1.165) is 18.1 Å². The fraction of sp³-hybridized carbons (Fsp3) is 0.364. The highest BCUT2D eigenvalue weighted by atomic mass is 32.1. The zero-order valence-corrected chi connectivity index (χ0v) is 9.61. The summed E-state index contributed by atoms with van der Waals surface area (Å²) in [6, 6.07) is 2.11. The fourth-order valence-electron chi connectivity index (χ4n) is 1.95. The maximum Gasteiger partial charge on any atom is 0.135 e. The van der Waals surface area contributed by atoms with Crippen molar-refractivity contribution in [2.75, 3.05) is 0 Å². The van der Waals surface area contributed by atoms with Crippen LogP contribution in [0.15, 0.2) is 23.0 Å². The minimum atomic E-state index is 0.151. The molecule has 0 aromatic carbocycles. The summed E-state index contributed by atoms with van der Waals surface area (Å²) in [5, 5.41) is 4.21. The maximum atomic E-state index is 5.79. The highest BCUT2D eigenvalue weighted by Gasteiger charge is 2.22. The standard InChI is InChI=1S/C11H13N3OS/c12-3-9-4-14-5-10(8-1-2-16-7-8)15-6-11(14)13-9/h1-2,4,7,10H,3,5-6,12H2/t10-/m1/s1. The lowest BCUT2D eigenvalue weighted by Gasteiger charge is -2.23. The molecule has 0 fully saturated rings. The van der Waals surface area contributed by atoms with Gasteiger partial charge in [-0.15, -0.1) is 0 Å². The van der Waals surface area contributed by atoms with Crippen molar-refractivity contribution in [2.45, 2.75) is 25.8 Å². The van der Waals surface area contributed by atoms with Gasteiger partial charge in [-0.1, -0.05) is 0 Å². The van der Waals surface area contributed by atoms with Crippen molar-refractivity contribution in [1.29, 1.82) is 0 Å². The van der Waals surface area contributed by atoms with E-state index >= 15 is 0 Å². The lowest BCUT2D eigenvalue weighted by atomic mass is 10.2. The van der Waals surface area contributed by atoms with Gasteiger partial charge in [-0.25, -0.2) is 4.98 Å². The van der Waals surface area contributed by atoms with E-state index in [1.807, 2.05) is 6.20 Å². The maximum absolute atomic E-state index is 5.79. The fourth-order valence-corrected chi connectivity index (χ4v) is 2.65. The van der Waals surface area contributed by atoms with Crippen molar-refractivity contribution in [3.05, 3.63) is 40.1 Å². The number of hydrogen-bond acceptors (Lipinski definition) is 4. The molecule has 84 valence electrons. The highest BCUT2D eigenvalue weighted by Crippen LogP contribution is 2.27. The third-order valence-electron chi connectivity index (χ3n) is 2.81. The van der Waals surface area contributed by atoms with Crippen LogP contribution in [0, 0.1) is 0 Å². The molecule has 0 unspecified atom stereocenters. The van der Waals surface area contributed by atoms with Crippen LogP contribution in [0.25, 0.3) is 0 Å². The van der Waals surface area contributed by atoms with Crippen molar-refractivity contribution < 1.29 is 4.74 Å². The van der Waals surface area contributed by atoms with Crippen LogP contribution in [0.5, 0.6) is 0 Å². The van der Waals surface area contributed by atoms with Gasteiger partial charge < -0.3 is 15.0 Å². The van der Waals surface area contributed by atoms with Gasteiger partial charge in [-0.05, 0) is 22.4 Å². The number of nitrogens with zero attached hydrogens (tertiary/aromatic N) is 2. The Kier molecular flexibility index (Phi) is 2.51. The summed E-state index contributed by atoms with van der Waals surface area (Å²) in [6.45, 7) is 1.89. The van der Waals surface area contributed by atoms with E-state index < -0.39 is 0 Å². The molecule has 2 N–H and O–H groups in total. The van der Waals surface area contributed by atoms with Crippen molar-refractivity contribution in [1.82, 2.24) is 9.55 Å². The van der Waals surface area contributed by atoms with Gasteiger partial charge in [0.2, 0.25) is 0 Å². The Balaban J connectivity index is 1.85. The summed E-state index contributed by atoms with van der Waals surface area (Å²) in [5.41, 5.74) is 7.76. The Bertz CT molecular complexity index is 477. The van der Waals surface area contributed by atoms with Crippen LogP contribution in [0.3, 0.4) is 0 Å².